The first kappa shape index (κ1) is 5.45. The van der Waals surface area contributed by atoms with Gasteiger partial charge in [-0.15, -0.1) is 11.8 Å². The summed E-state index contributed by atoms with van der Waals surface area (Å²) >= 11 is 2.01. The maximum atomic E-state index is 3.33. The van der Waals surface area contributed by atoms with Crippen LogP contribution in [-0.2, 0) is 0 Å². The van der Waals surface area contributed by atoms with E-state index in [1.165, 1.54) is 6.54 Å². The van der Waals surface area contributed by atoms with Gasteiger partial charge < -0.3 is 5.32 Å². The van der Waals surface area contributed by atoms with Crippen molar-refractivity contribution in [2.24, 2.45) is 0 Å². The minimum Gasteiger partial charge on any atom is -0.304 e. The zero-order valence-electron chi connectivity index (χ0n) is 4.77. The Morgan fingerprint density at radius 3 is 2.43 bits per heavy atom. The minimum absolute atomic E-state index is 0.690. The van der Waals surface area contributed by atoms with Gasteiger partial charge in [-0.3, -0.25) is 0 Å². The van der Waals surface area contributed by atoms with Crippen LogP contribution in [0.3, 0.4) is 0 Å². The van der Waals surface area contributed by atoms with Gasteiger partial charge in [0, 0.05) is 11.8 Å². The Hall–Kier alpha value is 0.310. The van der Waals surface area contributed by atoms with Crippen LogP contribution >= 0.6 is 11.8 Å². The Bertz CT molecular complexity index is 57.1. The Kier molecular flexibility index (Phi) is 1.60. The first-order chi connectivity index (χ1) is 3.29. The average molecular weight is 117 g/mol. The lowest BCUT2D eigenvalue weighted by Crippen LogP contribution is -2.16. The molecule has 2 heteroatoms. The zero-order chi connectivity index (χ0) is 5.28. The highest BCUT2D eigenvalue weighted by molar-refractivity contribution is 8.00. The molecule has 1 fully saturated rings. The third-order valence-corrected chi connectivity index (χ3v) is 2.34. The second-order valence-corrected chi connectivity index (χ2v) is 3.78. The second kappa shape index (κ2) is 2.05. The van der Waals surface area contributed by atoms with Crippen molar-refractivity contribution in [3.05, 3.63) is 0 Å². The Morgan fingerprint density at radius 2 is 2.29 bits per heavy atom. The van der Waals surface area contributed by atoms with Gasteiger partial charge in [-0.05, 0) is 6.92 Å². The van der Waals surface area contributed by atoms with Gasteiger partial charge in [0.15, 0.2) is 0 Å². The van der Waals surface area contributed by atoms with E-state index in [1.807, 2.05) is 11.8 Å². The van der Waals surface area contributed by atoms with Crippen LogP contribution in [0.2, 0.25) is 0 Å². The van der Waals surface area contributed by atoms with Gasteiger partial charge in [0.05, 0.1) is 5.37 Å². The van der Waals surface area contributed by atoms with Crippen molar-refractivity contribution in [2.75, 3.05) is 6.54 Å². The largest absolute Gasteiger partial charge is 0.304 e. The van der Waals surface area contributed by atoms with Crippen LogP contribution < -0.4 is 5.32 Å². The van der Waals surface area contributed by atoms with Crippen LogP contribution in [0.4, 0.5) is 0 Å². The lowest BCUT2D eigenvalue weighted by atomic mass is 10.5. The van der Waals surface area contributed by atoms with Gasteiger partial charge >= 0.3 is 0 Å². The summed E-state index contributed by atoms with van der Waals surface area (Å²) in [6.07, 6.45) is 0. The van der Waals surface area contributed by atoms with Crippen molar-refractivity contribution in [1.29, 1.82) is 0 Å². The summed E-state index contributed by atoms with van der Waals surface area (Å²) in [5, 5.41) is 4.85. The van der Waals surface area contributed by atoms with Gasteiger partial charge in [-0.2, -0.15) is 0 Å². The molecule has 0 bridgehead atoms. The van der Waals surface area contributed by atoms with Crippen molar-refractivity contribution >= 4 is 11.8 Å². The molecule has 0 amide bonds. The summed E-state index contributed by atoms with van der Waals surface area (Å²) < 4.78 is 0. The van der Waals surface area contributed by atoms with Gasteiger partial charge in [-0.25, -0.2) is 0 Å². The summed E-state index contributed by atoms with van der Waals surface area (Å²) in [7, 11) is 0. The molecule has 2 unspecified atom stereocenters. The highest BCUT2D eigenvalue weighted by Crippen LogP contribution is 2.20. The van der Waals surface area contributed by atoms with E-state index in [0.717, 1.165) is 5.25 Å². The number of thioether (sulfide) groups is 1. The molecule has 0 spiro atoms. The summed E-state index contributed by atoms with van der Waals surface area (Å²) in [6, 6.07) is 0. The van der Waals surface area contributed by atoms with Gasteiger partial charge in [0.25, 0.3) is 0 Å². The molecular weight excluding hydrogens is 106 g/mol. The van der Waals surface area contributed by atoms with E-state index in [4.69, 9.17) is 0 Å². The molecule has 1 aliphatic rings. The summed E-state index contributed by atoms with van der Waals surface area (Å²) in [5.74, 6) is 0. The van der Waals surface area contributed by atoms with Crippen LogP contribution in [0, 0.1) is 0 Å². The molecule has 0 aliphatic carbocycles. The predicted molar refractivity (Wildman–Crippen MR) is 34.5 cm³/mol. The Labute approximate surface area is 48.9 Å². The number of nitrogens with one attached hydrogen (secondary N) is 1. The molecule has 0 saturated carbocycles. The average Bonchev–Trinajstić information content (AvgIpc) is 1.87. The van der Waals surface area contributed by atoms with Crippen LogP contribution in [0.15, 0.2) is 0 Å². The second-order valence-electron chi connectivity index (χ2n) is 2.00. The third kappa shape index (κ3) is 1.35. The van der Waals surface area contributed by atoms with Crippen LogP contribution in [0.25, 0.3) is 0 Å². The molecule has 7 heavy (non-hydrogen) atoms. The number of rotatable bonds is 0. The van der Waals surface area contributed by atoms with Gasteiger partial charge in [-0.1, -0.05) is 6.92 Å². The lowest BCUT2D eigenvalue weighted by Gasteiger charge is -1.96. The van der Waals surface area contributed by atoms with Crippen LogP contribution in [-0.4, -0.2) is 17.2 Å². The molecule has 1 heterocycles. The van der Waals surface area contributed by atoms with E-state index in [-0.39, 0.29) is 0 Å². The fourth-order valence-electron chi connectivity index (χ4n) is 0.777. The predicted octanol–water partition coefficient (Wildman–Crippen LogP) is 1.06. The summed E-state index contributed by atoms with van der Waals surface area (Å²) in [6.45, 7) is 5.64. The monoisotopic (exact) mass is 117 g/mol. The minimum atomic E-state index is 0.690. The van der Waals surface area contributed by atoms with Crippen molar-refractivity contribution < 1.29 is 0 Å². The maximum Gasteiger partial charge on any atom is 0.0507 e. The van der Waals surface area contributed by atoms with E-state index in [0.29, 0.717) is 5.37 Å². The van der Waals surface area contributed by atoms with Gasteiger partial charge in [0.2, 0.25) is 0 Å². The van der Waals surface area contributed by atoms with E-state index in [9.17, 15) is 0 Å². The van der Waals surface area contributed by atoms with Crippen molar-refractivity contribution in [2.45, 2.75) is 24.5 Å². The van der Waals surface area contributed by atoms with E-state index in [1.54, 1.807) is 0 Å². The quantitative estimate of drug-likeness (QED) is 0.509. The zero-order valence-corrected chi connectivity index (χ0v) is 5.59. The normalized spacial score (nSPS) is 42.0. The van der Waals surface area contributed by atoms with Gasteiger partial charge in [0.1, 0.15) is 0 Å². The van der Waals surface area contributed by atoms with Crippen molar-refractivity contribution in [1.82, 2.24) is 5.32 Å². The molecule has 0 aromatic carbocycles. The number of hydrogen-bond acceptors (Lipinski definition) is 2. The summed E-state index contributed by atoms with van der Waals surface area (Å²) in [4.78, 5) is 0. The van der Waals surface area contributed by atoms with E-state index >= 15 is 0 Å². The lowest BCUT2D eigenvalue weighted by molar-refractivity contribution is 0.726. The van der Waals surface area contributed by atoms with Crippen molar-refractivity contribution in [3.8, 4) is 0 Å². The molecule has 1 saturated heterocycles. The Balaban J connectivity index is 2.26. The molecule has 2 atom stereocenters. The first-order valence-electron chi connectivity index (χ1n) is 2.68. The molecular formula is C5H11NS. The summed E-state index contributed by atoms with van der Waals surface area (Å²) in [5.41, 5.74) is 0. The first-order valence-corrected chi connectivity index (χ1v) is 3.62. The molecule has 0 aromatic heterocycles. The number of hydrogen-bond donors (Lipinski definition) is 1. The molecule has 1 rings (SSSR count). The van der Waals surface area contributed by atoms with Crippen LogP contribution in [0.5, 0.6) is 0 Å². The molecule has 1 aliphatic heterocycles. The molecule has 0 aromatic rings. The van der Waals surface area contributed by atoms with E-state index < -0.39 is 0 Å². The smallest absolute Gasteiger partial charge is 0.0507 e. The molecule has 1 N–H and O–H groups in total. The highest BCUT2D eigenvalue weighted by Gasteiger charge is 2.15. The van der Waals surface area contributed by atoms with Crippen molar-refractivity contribution in [3.63, 3.8) is 0 Å². The highest BCUT2D eigenvalue weighted by atomic mass is 32.2. The maximum absolute atomic E-state index is 3.33. The standard InChI is InChI=1S/C5H11NS/c1-4-3-6-5(2)7-4/h4-6H,3H2,1-2H3. The Morgan fingerprint density at radius 1 is 1.57 bits per heavy atom. The fourth-order valence-corrected chi connectivity index (χ4v) is 1.86. The molecule has 1 nitrogen and oxygen atoms in total. The topological polar surface area (TPSA) is 12.0 Å². The molecule has 42 valence electrons. The third-order valence-electron chi connectivity index (χ3n) is 1.13. The fraction of sp³-hybridized carbons (Fsp3) is 1.00. The molecule has 0 radical (unpaired) electrons. The van der Waals surface area contributed by atoms with Crippen LogP contribution in [0.1, 0.15) is 13.8 Å². The SMILES string of the molecule is CC1CNC(C)S1. The van der Waals surface area contributed by atoms with E-state index in [2.05, 4.69) is 19.2 Å².